The molecule has 1 heterocycles. The minimum atomic E-state index is -1.46. The Bertz CT molecular complexity index is 508. The van der Waals surface area contributed by atoms with Gasteiger partial charge in [-0.15, -0.1) is 0 Å². The van der Waals surface area contributed by atoms with Crippen LogP contribution in [-0.2, 0) is 19.1 Å². The number of esters is 2. The summed E-state index contributed by atoms with van der Waals surface area (Å²) in [7, 11) is 1.21. The average molecular weight is 262 g/mol. The largest absolute Gasteiger partial charge is 0.466 e. The molecule has 1 fully saturated rings. The molecule has 5 nitrogen and oxygen atoms in total. The molecule has 0 bridgehead atoms. The lowest BCUT2D eigenvalue weighted by Crippen LogP contribution is -2.41. The third-order valence-corrected chi connectivity index (χ3v) is 3.14. The lowest BCUT2D eigenvalue weighted by molar-refractivity contribution is -0.171. The highest BCUT2D eigenvalue weighted by atomic mass is 16.6. The molecule has 0 amide bonds. The quantitative estimate of drug-likeness (QED) is 0.607. The van der Waals surface area contributed by atoms with Gasteiger partial charge in [-0.2, -0.15) is 0 Å². The minimum absolute atomic E-state index is 0.122. The van der Waals surface area contributed by atoms with E-state index in [9.17, 15) is 14.4 Å². The van der Waals surface area contributed by atoms with Crippen LogP contribution in [0.3, 0.4) is 0 Å². The summed E-state index contributed by atoms with van der Waals surface area (Å²) in [6, 6.07) is 8.58. The van der Waals surface area contributed by atoms with Crippen LogP contribution < -0.4 is 0 Å². The molecule has 2 rings (SSSR count). The first-order chi connectivity index (χ1) is 9.07. The highest BCUT2D eigenvalue weighted by molar-refractivity contribution is 6.01. The Hall–Kier alpha value is -2.17. The first-order valence-electron chi connectivity index (χ1n) is 5.96. The summed E-state index contributed by atoms with van der Waals surface area (Å²) in [5.41, 5.74) is -0.979. The molecular weight excluding hydrogens is 248 g/mol. The molecule has 0 aliphatic carbocycles. The molecule has 0 saturated carbocycles. The van der Waals surface area contributed by atoms with Crippen molar-refractivity contribution in [3.05, 3.63) is 35.9 Å². The molecule has 5 heteroatoms. The van der Waals surface area contributed by atoms with E-state index >= 15 is 0 Å². The first kappa shape index (κ1) is 13.3. The fourth-order valence-electron chi connectivity index (χ4n) is 2.14. The lowest BCUT2D eigenvalue weighted by atomic mass is 9.91. The van der Waals surface area contributed by atoms with Crippen molar-refractivity contribution in [3.63, 3.8) is 0 Å². The van der Waals surface area contributed by atoms with Gasteiger partial charge in [0, 0.05) is 18.4 Å². The van der Waals surface area contributed by atoms with Gasteiger partial charge in [-0.05, 0) is 0 Å². The number of hydrogen-bond acceptors (Lipinski definition) is 5. The SMILES string of the molecule is COC(=O)[C@]1(CC(=O)c2ccccc2)CCC(=O)O1. The fraction of sp³-hybridized carbons (Fsp3) is 0.357. The maximum atomic E-state index is 12.1. The third-order valence-electron chi connectivity index (χ3n) is 3.14. The summed E-state index contributed by atoms with van der Waals surface area (Å²) in [6.45, 7) is 0. The van der Waals surface area contributed by atoms with Crippen LogP contribution in [0.15, 0.2) is 30.3 Å². The van der Waals surface area contributed by atoms with Gasteiger partial charge in [-0.25, -0.2) is 4.79 Å². The molecule has 1 saturated heterocycles. The fourth-order valence-corrected chi connectivity index (χ4v) is 2.14. The molecule has 0 unspecified atom stereocenters. The predicted octanol–water partition coefficient (Wildman–Crippen LogP) is 1.51. The zero-order valence-electron chi connectivity index (χ0n) is 10.5. The van der Waals surface area contributed by atoms with E-state index in [4.69, 9.17) is 4.74 Å². The number of carbonyl (C=O) groups excluding carboxylic acids is 3. The summed E-state index contributed by atoms with van der Waals surface area (Å²) >= 11 is 0. The Morgan fingerprint density at radius 2 is 2.00 bits per heavy atom. The first-order valence-corrected chi connectivity index (χ1v) is 5.96. The maximum absolute atomic E-state index is 12.1. The Morgan fingerprint density at radius 3 is 2.53 bits per heavy atom. The zero-order chi connectivity index (χ0) is 13.9. The third kappa shape index (κ3) is 2.65. The number of ketones is 1. The van der Waals surface area contributed by atoms with Gasteiger partial charge in [-0.3, -0.25) is 9.59 Å². The zero-order valence-corrected chi connectivity index (χ0v) is 10.5. The van der Waals surface area contributed by atoms with E-state index in [1.54, 1.807) is 30.3 Å². The van der Waals surface area contributed by atoms with E-state index in [2.05, 4.69) is 4.74 Å². The monoisotopic (exact) mass is 262 g/mol. The normalized spacial score (nSPS) is 21.8. The van der Waals surface area contributed by atoms with Crippen molar-refractivity contribution in [1.29, 1.82) is 0 Å². The number of benzene rings is 1. The second kappa shape index (κ2) is 5.22. The molecule has 19 heavy (non-hydrogen) atoms. The molecule has 1 aromatic carbocycles. The van der Waals surface area contributed by atoms with Gasteiger partial charge in [0.1, 0.15) is 0 Å². The van der Waals surface area contributed by atoms with Gasteiger partial charge in [0.25, 0.3) is 0 Å². The van der Waals surface area contributed by atoms with E-state index in [0.29, 0.717) is 5.56 Å². The highest BCUT2D eigenvalue weighted by Gasteiger charge is 2.49. The number of ether oxygens (including phenoxy) is 2. The van der Waals surface area contributed by atoms with E-state index in [1.165, 1.54) is 7.11 Å². The molecule has 1 aromatic rings. The van der Waals surface area contributed by atoms with E-state index in [-0.39, 0.29) is 25.0 Å². The summed E-state index contributed by atoms with van der Waals surface area (Å²) in [5.74, 6) is -1.41. The summed E-state index contributed by atoms with van der Waals surface area (Å²) < 4.78 is 9.71. The van der Waals surface area contributed by atoms with Gasteiger partial charge in [0.05, 0.1) is 13.5 Å². The summed E-state index contributed by atoms with van der Waals surface area (Å²) in [4.78, 5) is 35.2. The standard InChI is InChI=1S/C14H14O5/c1-18-13(17)14(8-7-12(16)19-14)9-11(15)10-5-3-2-4-6-10/h2-6H,7-9H2,1H3/t14-/m1/s1. The molecule has 0 N–H and O–H groups in total. The van der Waals surface area contributed by atoms with Crippen LogP contribution in [0.2, 0.25) is 0 Å². The van der Waals surface area contributed by atoms with Crippen LogP contribution in [0.5, 0.6) is 0 Å². The molecule has 1 atom stereocenters. The van der Waals surface area contributed by atoms with E-state index in [1.807, 2.05) is 0 Å². The van der Waals surface area contributed by atoms with E-state index in [0.717, 1.165) is 0 Å². The highest BCUT2D eigenvalue weighted by Crippen LogP contribution is 2.32. The number of rotatable bonds is 4. The van der Waals surface area contributed by atoms with Gasteiger partial charge < -0.3 is 9.47 Å². The minimum Gasteiger partial charge on any atom is -0.466 e. The topological polar surface area (TPSA) is 69.7 Å². The van der Waals surface area contributed by atoms with Crippen molar-refractivity contribution in [2.45, 2.75) is 24.9 Å². The second-order valence-corrected chi connectivity index (χ2v) is 4.43. The molecule has 0 aromatic heterocycles. The lowest BCUT2D eigenvalue weighted by Gasteiger charge is -2.23. The molecule has 0 radical (unpaired) electrons. The second-order valence-electron chi connectivity index (χ2n) is 4.43. The number of cyclic esters (lactones) is 1. The van der Waals surface area contributed by atoms with Crippen molar-refractivity contribution in [2.75, 3.05) is 7.11 Å². The molecule has 1 aliphatic heterocycles. The van der Waals surface area contributed by atoms with Crippen molar-refractivity contribution in [1.82, 2.24) is 0 Å². The predicted molar refractivity (Wildman–Crippen MR) is 65.5 cm³/mol. The van der Waals surface area contributed by atoms with Crippen LogP contribution in [-0.4, -0.2) is 30.4 Å². The summed E-state index contributed by atoms with van der Waals surface area (Å²) in [5, 5.41) is 0. The Balaban J connectivity index is 2.20. The van der Waals surface area contributed by atoms with Crippen molar-refractivity contribution < 1.29 is 23.9 Å². The van der Waals surface area contributed by atoms with Crippen molar-refractivity contribution >= 4 is 17.7 Å². The van der Waals surface area contributed by atoms with Gasteiger partial charge in [0.2, 0.25) is 5.60 Å². The van der Waals surface area contributed by atoms with E-state index < -0.39 is 17.5 Å². The van der Waals surface area contributed by atoms with Crippen LogP contribution in [0, 0.1) is 0 Å². The van der Waals surface area contributed by atoms with Crippen LogP contribution in [0.25, 0.3) is 0 Å². The smallest absolute Gasteiger partial charge is 0.350 e. The Morgan fingerprint density at radius 1 is 1.32 bits per heavy atom. The van der Waals surface area contributed by atoms with Crippen LogP contribution in [0.4, 0.5) is 0 Å². The number of methoxy groups -OCH3 is 1. The maximum Gasteiger partial charge on any atom is 0.350 e. The average Bonchev–Trinajstić information content (AvgIpc) is 2.81. The molecule has 0 spiro atoms. The van der Waals surface area contributed by atoms with Crippen molar-refractivity contribution in [3.8, 4) is 0 Å². The molecule has 100 valence electrons. The number of Topliss-reactive ketones (excluding diaryl/α,β-unsaturated/α-hetero) is 1. The Labute approximate surface area is 110 Å². The molecule has 1 aliphatic rings. The Kier molecular flexibility index (Phi) is 3.64. The number of hydrogen-bond donors (Lipinski definition) is 0. The van der Waals surface area contributed by atoms with Gasteiger partial charge in [-0.1, -0.05) is 30.3 Å². The summed E-state index contributed by atoms with van der Waals surface area (Å²) in [6.07, 6.45) is 0.115. The van der Waals surface area contributed by atoms with Gasteiger partial charge >= 0.3 is 11.9 Å². The van der Waals surface area contributed by atoms with Gasteiger partial charge in [0.15, 0.2) is 5.78 Å². The van der Waals surface area contributed by atoms with Crippen LogP contribution >= 0.6 is 0 Å². The number of carbonyl (C=O) groups is 3. The molecular formula is C14H14O5. The van der Waals surface area contributed by atoms with Crippen LogP contribution in [0.1, 0.15) is 29.6 Å². The van der Waals surface area contributed by atoms with Crippen molar-refractivity contribution in [2.24, 2.45) is 0 Å².